The van der Waals surface area contributed by atoms with Crippen molar-refractivity contribution < 1.29 is 0 Å². The van der Waals surface area contributed by atoms with Gasteiger partial charge >= 0.3 is 0 Å². The normalized spacial score (nSPS) is 11.8. The molecule has 0 aromatic heterocycles. The van der Waals surface area contributed by atoms with Crippen LogP contribution in [-0.4, -0.2) is 0 Å². The molecule has 0 atom stereocenters. The van der Waals surface area contributed by atoms with Crippen LogP contribution in [0.1, 0.15) is 18.1 Å². The summed E-state index contributed by atoms with van der Waals surface area (Å²) in [6.07, 6.45) is 1.87. The lowest BCUT2D eigenvalue weighted by Gasteiger charge is -2.01. The van der Waals surface area contributed by atoms with E-state index in [4.69, 9.17) is 17.3 Å². The topological polar surface area (TPSA) is 26.0 Å². The molecule has 0 aliphatic heterocycles. The van der Waals surface area contributed by atoms with Gasteiger partial charge < -0.3 is 5.73 Å². The standard InChI is InChI=1S/C10H12ClN/c1-2-10(11)9-5-3-4-8(6-9)7-12/h2-6H,7,12H2,1H3/b10-2+. The van der Waals surface area contributed by atoms with Crippen LogP contribution < -0.4 is 5.73 Å². The Kier molecular flexibility index (Phi) is 3.32. The first-order valence-electron chi connectivity index (χ1n) is 3.89. The Morgan fingerprint density at radius 2 is 2.33 bits per heavy atom. The zero-order valence-corrected chi connectivity index (χ0v) is 7.81. The molecule has 1 nitrogen and oxygen atoms in total. The number of hydrogen-bond acceptors (Lipinski definition) is 1. The molecule has 0 aliphatic carbocycles. The second-order valence-corrected chi connectivity index (χ2v) is 2.95. The van der Waals surface area contributed by atoms with Gasteiger partial charge in [0.05, 0.1) is 0 Å². The molecule has 12 heavy (non-hydrogen) atoms. The number of hydrogen-bond donors (Lipinski definition) is 1. The van der Waals surface area contributed by atoms with Gasteiger partial charge in [-0.3, -0.25) is 0 Å². The highest BCUT2D eigenvalue weighted by Crippen LogP contribution is 2.19. The van der Waals surface area contributed by atoms with Gasteiger partial charge in [-0.2, -0.15) is 0 Å². The van der Waals surface area contributed by atoms with Gasteiger partial charge in [0.2, 0.25) is 0 Å². The molecule has 1 aromatic rings. The molecule has 0 amide bonds. The van der Waals surface area contributed by atoms with Gasteiger partial charge in [0, 0.05) is 11.6 Å². The van der Waals surface area contributed by atoms with Crippen molar-refractivity contribution in [1.82, 2.24) is 0 Å². The predicted molar refractivity (Wildman–Crippen MR) is 53.8 cm³/mol. The molecule has 64 valence electrons. The average molecular weight is 182 g/mol. The predicted octanol–water partition coefficient (Wildman–Crippen LogP) is 2.74. The van der Waals surface area contributed by atoms with Crippen LogP contribution in [0.3, 0.4) is 0 Å². The van der Waals surface area contributed by atoms with Gasteiger partial charge in [-0.15, -0.1) is 0 Å². The number of nitrogens with two attached hydrogens (primary N) is 1. The van der Waals surface area contributed by atoms with Crippen molar-refractivity contribution >= 4 is 16.6 Å². The Hall–Kier alpha value is -0.790. The lowest BCUT2D eigenvalue weighted by atomic mass is 10.1. The second-order valence-electron chi connectivity index (χ2n) is 2.54. The third kappa shape index (κ3) is 2.10. The summed E-state index contributed by atoms with van der Waals surface area (Å²) in [6, 6.07) is 7.93. The number of allylic oxidation sites excluding steroid dienone is 1. The molecule has 1 rings (SSSR count). The Morgan fingerprint density at radius 1 is 1.58 bits per heavy atom. The Balaban J connectivity index is 3.02. The summed E-state index contributed by atoms with van der Waals surface area (Å²) in [5.74, 6) is 0. The lowest BCUT2D eigenvalue weighted by molar-refractivity contribution is 1.07. The van der Waals surface area contributed by atoms with E-state index in [1.807, 2.05) is 37.3 Å². The van der Waals surface area contributed by atoms with E-state index in [0.29, 0.717) is 6.54 Å². The molecule has 0 fully saturated rings. The Bertz CT molecular complexity index is 292. The smallest absolute Gasteiger partial charge is 0.0435 e. The van der Waals surface area contributed by atoms with Gasteiger partial charge in [0.25, 0.3) is 0 Å². The molecule has 0 heterocycles. The molecule has 0 spiro atoms. The maximum absolute atomic E-state index is 5.94. The number of benzene rings is 1. The van der Waals surface area contributed by atoms with E-state index >= 15 is 0 Å². The molecule has 0 bridgehead atoms. The van der Waals surface area contributed by atoms with Crippen LogP contribution in [0.4, 0.5) is 0 Å². The van der Waals surface area contributed by atoms with Gasteiger partial charge in [-0.25, -0.2) is 0 Å². The van der Waals surface area contributed by atoms with Crippen molar-refractivity contribution in [1.29, 1.82) is 0 Å². The molecule has 2 heteroatoms. The fourth-order valence-corrected chi connectivity index (χ4v) is 1.13. The Morgan fingerprint density at radius 3 is 2.92 bits per heavy atom. The van der Waals surface area contributed by atoms with Crippen LogP contribution in [0, 0.1) is 0 Å². The summed E-state index contributed by atoms with van der Waals surface area (Å²) < 4.78 is 0. The van der Waals surface area contributed by atoms with Crippen LogP contribution in [0.5, 0.6) is 0 Å². The van der Waals surface area contributed by atoms with Crippen molar-refractivity contribution in [2.45, 2.75) is 13.5 Å². The molecule has 0 aliphatic rings. The third-order valence-electron chi connectivity index (χ3n) is 1.69. The molecule has 0 saturated carbocycles. The minimum atomic E-state index is 0.557. The molecule has 1 aromatic carbocycles. The maximum atomic E-state index is 5.94. The van der Waals surface area contributed by atoms with E-state index in [0.717, 1.165) is 16.2 Å². The highest BCUT2D eigenvalue weighted by Gasteiger charge is 1.96. The molecule has 0 unspecified atom stereocenters. The number of halogens is 1. The fourth-order valence-electron chi connectivity index (χ4n) is 1.01. The molecular formula is C10H12ClN. The third-order valence-corrected chi connectivity index (χ3v) is 2.13. The summed E-state index contributed by atoms with van der Waals surface area (Å²) in [5, 5.41) is 0.769. The summed E-state index contributed by atoms with van der Waals surface area (Å²) in [5.41, 5.74) is 7.63. The molecule has 0 saturated heterocycles. The molecule has 0 radical (unpaired) electrons. The maximum Gasteiger partial charge on any atom is 0.0435 e. The summed E-state index contributed by atoms with van der Waals surface area (Å²) in [4.78, 5) is 0. The summed E-state index contributed by atoms with van der Waals surface area (Å²) in [7, 11) is 0. The van der Waals surface area contributed by atoms with Crippen molar-refractivity contribution in [3.05, 3.63) is 41.5 Å². The second kappa shape index (κ2) is 4.29. The minimum Gasteiger partial charge on any atom is -0.326 e. The first-order valence-corrected chi connectivity index (χ1v) is 4.27. The quantitative estimate of drug-likeness (QED) is 0.746. The van der Waals surface area contributed by atoms with E-state index in [-0.39, 0.29) is 0 Å². The fraction of sp³-hybridized carbons (Fsp3) is 0.200. The van der Waals surface area contributed by atoms with Gasteiger partial charge in [0.15, 0.2) is 0 Å². The van der Waals surface area contributed by atoms with Crippen LogP contribution in [0.2, 0.25) is 0 Å². The highest BCUT2D eigenvalue weighted by molar-refractivity contribution is 6.48. The van der Waals surface area contributed by atoms with Gasteiger partial charge in [0.1, 0.15) is 0 Å². The first-order chi connectivity index (χ1) is 5.77. The van der Waals surface area contributed by atoms with E-state index < -0.39 is 0 Å². The monoisotopic (exact) mass is 181 g/mol. The first kappa shape index (κ1) is 9.30. The van der Waals surface area contributed by atoms with E-state index in [1.54, 1.807) is 0 Å². The number of rotatable bonds is 2. The Labute approximate surface area is 77.8 Å². The molecule has 2 N–H and O–H groups in total. The van der Waals surface area contributed by atoms with E-state index in [2.05, 4.69) is 0 Å². The average Bonchev–Trinajstić information content (AvgIpc) is 2.17. The van der Waals surface area contributed by atoms with E-state index in [1.165, 1.54) is 0 Å². The zero-order chi connectivity index (χ0) is 8.97. The van der Waals surface area contributed by atoms with Crippen LogP contribution in [-0.2, 0) is 6.54 Å². The van der Waals surface area contributed by atoms with Crippen molar-refractivity contribution in [2.75, 3.05) is 0 Å². The van der Waals surface area contributed by atoms with E-state index in [9.17, 15) is 0 Å². The van der Waals surface area contributed by atoms with Crippen LogP contribution in [0.25, 0.3) is 5.03 Å². The largest absolute Gasteiger partial charge is 0.326 e. The highest BCUT2D eigenvalue weighted by atomic mass is 35.5. The van der Waals surface area contributed by atoms with Crippen molar-refractivity contribution in [3.63, 3.8) is 0 Å². The van der Waals surface area contributed by atoms with Crippen molar-refractivity contribution in [2.24, 2.45) is 5.73 Å². The van der Waals surface area contributed by atoms with Crippen molar-refractivity contribution in [3.8, 4) is 0 Å². The van der Waals surface area contributed by atoms with Crippen LogP contribution >= 0.6 is 11.6 Å². The lowest BCUT2D eigenvalue weighted by Crippen LogP contribution is -1.95. The molecular weight excluding hydrogens is 170 g/mol. The van der Waals surface area contributed by atoms with Crippen LogP contribution in [0.15, 0.2) is 30.3 Å². The minimum absolute atomic E-state index is 0.557. The summed E-state index contributed by atoms with van der Waals surface area (Å²) in [6.45, 7) is 2.47. The SMILES string of the molecule is C/C=C(/Cl)c1cccc(CN)c1. The summed E-state index contributed by atoms with van der Waals surface area (Å²) >= 11 is 5.94. The zero-order valence-electron chi connectivity index (χ0n) is 7.05. The van der Waals surface area contributed by atoms with Gasteiger partial charge in [-0.1, -0.05) is 35.9 Å². The van der Waals surface area contributed by atoms with Gasteiger partial charge in [-0.05, 0) is 24.1 Å².